The second-order valence-electron chi connectivity index (χ2n) is 8.61. The van der Waals surface area contributed by atoms with Crippen LogP contribution in [-0.2, 0) is 11.3 Å². The Morgan fingerprint density at radius 1 is 1.23 bits per heavy atom. The standard InChI is InChI=1S/C21H27N3O2/c25-14-21-12-23(10-15-1-2-16-5-7-22-19(16)9-15)8-6-18(21)11-24(13-21)20(26)17-3-4-17/h1-2,5,7,9,17-18,22,25H,3-4,6,8,10-14H2/t18-,21+/m0/s1. The van der Waals surface area contributed by atoms with Crippen molar-refractivity contribution in [3.63, 3.8) is 0 Å². The van der Waals surface area contributed by atoms with Crippen LogP contribution in [0.4, 0.5) is 0 Å². The SMILES string of the molecule is O=C(C1CC1)N1C[C@@H]2CCN(Cc3ccc4cc[nH]c4c3)C[C@]2(CO)C1. The molecule has 5 rings (SSSR count). The van der Waals surface area contributed by atoms with E-state index in [1.54, 1.807) is 0 Å². The molecule has 2 saturated heterocycles. The third-order valence-electron chi connectivity index (χ3n) is 6.72. The zero-order valence-electron chi connectivity index (χ0n) is 15.2. The van der Waals surface area contributed by atoms with E-state index in [4.69, 9.17) is 0 Å². The third-order valence-corrected chi connectivity index (χ3v) is 6.72. The average molecular weight is 353 g/mol. The molecule has 138 valence electrons. The summed E-state index contributed by atoms with van der Waals surface area (Å²) in [7, 11) is 0. The predicted molar refractivity (Wildman–Crippen MR) is 101 cm³/mol. The molecule has 0 unspecified atom stereocenters. The Bertz CT molecular complexity index is 828. The van der Waals surface area contributed by atoms with E-state index < -0.39 is 0 Å². The van der Waals surface area contributed by atoms with E-state index in [2.05, 4.69) is 34.1 Å². The molecule has 5 heteroatoms. The maximum absolute atomic E-state index is 12.5. The number of carbonyl (C=O) groups is 1. The van der Waals surface area contributed by atoms with Crippen molar-refractivity contribution in [2.45, 2.75) is 25.8 Å². The van der Waals surface area contributed by atoms with E-state index in [1.165, 1.54) is 16.5 Å². The number of aliphatic hydroxyl groups excluding tert-OH is 1. The van der Waals surface area contributed by atoms with E-state index in [9.17, 15) is 9.90 Å². The molecular weight excluding hydrogens is 326 g/mol. The topological polar surface area (TPSA) is 59.6 Å². The summed E-state index contributed by atoms with van der Waals surface area (Å²) in [6.45, 7) is 4.58. The van der Waals surface area contributed by atoms with Gasteiger partial charge in [-0.25, -0.2) is 0 Å². The average Bonchev–Trinajstić information content (AvgIpc) is 3.27. The highest BCUT2D eigenvalue weighted by atomic mass is 16.3. The molecule has 0 radical (unpaired) electrons. The molecule has 3 fully saturated rings. The molecule has 0 spiro atoms. The Kier molecular flexibility index (Phi) is 3.83. The molecule has 2 aromatic rings. The van der Waals surface area contributed by atoms with Crippen LogP contribution >= 0.6 is 0 Å². The number of aliphatic hydroxyl groups is 1. The van der Waals surface area contributed by atoms with Gasteiger partial charge in [-0.05, 0) is 54.8 Å². The molecule has 1 aromatic carbocycles. The van der Waals surface area contributed by atoms with Gasteiger partial charge in [0.15, 0.2) is 0 Å². The van der Waals surface area contributed by atoms with Gasteiger partial charge in [0.05, 0.1) is 6.61 Å². The highest BCUT2D eigenvalue weighted by molar-refractivity contribution is 5.81. The molecular formula is C21H27N3O2. The minimum Gasteiger partial charge on any atom is -0.396 e. The number of H-pyrrole nitrogens is 1. The maximum atomic E-state index is 12.5. The number of amides is 1. The van der Waals surface area contributed by atoms with Gasteiger partial charge in [0.25, 0.3) is 0 Å². The van der Waals surface area contributed by atoms with Crippen LogP contribution in [0.5, 0.6) is 0 Å². The van der Waals surface area contributed by atoms with E-state index >= 15 is 0 Å². The number of carbonyl (C=O) groups excluding carboxylic acids is 1. The second-order valence-corrected chi connectivity index (χ2v) is 8.61. The van der Waals surface area contributed by atoms with Crippen molar-refractivity contribution >= 4 is 16.8 Å². The van der Waals surface area contributed by atoms with Crippen LogP contribution in [0.3, 0.4) is 0 Å². The number of nitrogens with zero attached hydrogens (tertiary/aromatic N) is 2. The molecule has 3 aliphatic rings. The molecule has 1 saturated carbocycles. The van der Waals surface area contributed by atoms with Gasteiger partial charge >= 0.3 is 0 Å². The van der Waals surface area contributed by atoms with Gasteiger partial charge in [-0.2, -0.15) is 0 Å². The molecule has 1 aliphatic carbocycles. The number of benzene rings is 1. The summed E-state index contributed by atoms with van der Waals surface area (Å²) >= 11 is 0. The normalized spacial score (nSPS) is 29.3. The Morgan fingerprint density at radius 2 is 2.12 bits per heavy atom. The molecule has 1 aromatic heterocycles. The molecule has 2 atom stereocenters. The molecule has 26 heavy (non-hydrogen) atoms. The summed E-state index contributed by atoms with van der Waals surface area (Å²) in [5, 5.41) is 11.5. The highest BCUT2D eigenvalue weighted by Gasteiger charge is 2.51. The minimum atomic E-state index is -0.140. The first kappa shape index (κ1) is 16.3. The molecule has 5 nitrogen and oxygen atoms in total. The van der Waals surface area contributed by atoms with Crippen LogP contribution in [0.25, 0.3) is 10.9 Å². The first-order valence-electron chi connectivity index (χ1n) is 9.85. The van der Waals surface area contributed by atoms with Crippen LogP contribution in [0.2, 0.25) is 0 Å². The maximum Gasteiger partial charge on any atom is 0.225 e. The van der Waals surface area contributed by atoms with Crippen molar-refractivity contribution in [2.75, 3.05) is 32.8 Å². The number of rotatable bonds is 4. The summed E-state index contributed by atoms with van der Waals surface area (Å²) in [4.78, 5) is 20.3. The first-order valence-corrected chi connectivity index (χ1v) is 9.85. The van der Waals surface area contributed by atoms with Crippen molar-refractivity contribution in [3.05, 3.63) is 36.0 Å². The Balaban J connectivity index is 1.31. The summed E-state index contributed by atoms with van der Waals surface area (Å²) < 4.78 is 0. The van der Waals surface area contributed by atoms with Gasteiger partial charge < -0.3 is 15.0 Å². The van der Waals surface area contributed by atoms with Crippen LogP contribution in [0.1, 0.15) is 24.8 Å². The predicted octanol–water partition coefficient (Wildman–Crippen LogP) is 2.22. The van der Waals surface area contributed by atoms with Gasteiger partial charge in [0.1, 0.15) is 0 Å². The zero-order valence-corrected chi connectivity index (χ0v) is 15.2. The monoisotopic (exact) mass is 353 g/mol. The highest BCUT2D eigenvalue weighted by Crippen LogP contribution is 2.44. The molecule has 2 N–H and O–H groups in total. The molecule has 2 aliphatic heterocycles. The number of fused-ring (bicyclic) bond motifs is 2. The number of hydrogen-bond donors (Lipinski definition) is 2. The number of aromatic nitrogens is 1. The van der Waals surface area contributed by atoms with Crippen LogP contribution < -0.4 is 0 Å². The van der Waals surface area contributed by atoms with Crippen molar-refractivity contribution in [3.8, 4) is 0 Å². The summed E-state index contributed by atoms with van der Waals surface area (Å²) in [5.41, 5.74) is 2.34. The smallest absolute Gasteiger partial charge is 0.225 e. The fourth-order valence-electron chi connectivity index (χ4n) is 5.04. The van der Waals surface area contributed by atoms with Gasteiger partial charge in [-0.3, -0.25) is 9.69 Å². The number of likely N-dealkylation sites (tertiary alicyclic amines) is 2. The lowest BCUT2D eigenvalue weighted by atomic mass is 9.74. The number of piperidine rings is 1. The summed E-state index contributed by atoms with van der Waals surface area (Å²) in [6, 6.07) is 8.69. The summed E-state index contributed by atoms with van der Waals surface area (Å²) in [5.74, 6) is 1.04. The number of aromatic amines is 1. The quantitative estimate of drug-likeness (QED) is 0.886. The lowest BCUT2D eigenvalue weighted by Crippen LogP contribution is -2.50. The molecule has 1 amide bonds. The van der Waals surface area contributed by atoms with E-state index in [0.717, 1.165) is 52.0 Å². The second kappa shape index (κ2) is 6.10. The van der Waals surface area contributed by atoms with Crippen molar-refractivity contribution in [2.24, 2.45) is 17.3 Å². The van der Waals surface area contributed by atoms with E-state index in [0.29, 0.717) is 11.8 Å². The van der Waals surface area contributed by atoms with Gasteiger partial charge in [0, 0.05) is 49.2 Å². The lowest BCUT2D eigenvalue weighted by molar-refractivity contribution is -0.132. The van der Waals surface area contributed by atoms with E-state index in [-0.39, 0.29) is 17.9 Å². The van der Waals surface area contributed by atoms with Crippen LogP contribution in [0.15, 0.2) is 30.5 Å². The van der Waals surface area contributed by atoms with Gasteiger partial charge in [-0.15, -0.1) is 0 Å². The lowest BCUT2D eigenvalue weighted by Gasteiger charge is -2.43. The zero-order chi connectivity index (χ0) is 17.7. The Hall–Kier alpha value is -1.85. The summed E-state index contributed by atoms with van der Waals surface area (Å²) in [6.07, 6.45) is 5.16. The van der Waals surface area contributed by atoms with Crippen molar-refractivity contribution < 1.29 is 9.90 Å². The van der Waals surface area contributed by atoms with Crippen LogP contribution in [0, 0.1) is 17.3 Å². The molecule has 3 heterocycles. The van der Waals surface area contributed by atoms with Crippen molar-refractivity contribution in [1.82, 2.24) is 14.8 Å². The Morgan fingerprint density at radius 3 is 2.92 bits per heavy atom. The number of nitrogens with one attached hydrogen (secondary N) is 1. The van der Waals surface area contributed by atoms with E-state index in [1.807, 2.05) is 11.1 Å². The van der Waals surface area contributed by atoms with Gasteiger partial charge in [0.2, 0.25) is 5.91 Å². The minimum absolute atomic E-state index is 0.140. The number of hydrogen-bond acceptors (Lipinski definition) is 3. The molecule has 0 bridgehead atoms. The van der Waals surface area contributed by atoms with Crippen molar-refractivity contribution in [1.29, 1.82) is 0 Å². The largest absolute Gasteiger partial charge is 0.396 e. The fourth-order valence-corrected chi connectivity index (χ4v) is 5.04. The first-order chi connectivity index (χ1) is 12.7. The third kappa shape index (κ3) is 2.74. The van der Waals surface area contributed by atoms with Gasteiger partial charge in [-0.1, -0.05) is 12.1 Å². The fraction of sp³-hybridized carbons (Fsp3) is 0.571. The van der Waals surface area contributed by atoms with Crippen LogP contribution in [-0.4, -0.2) is 58.6 Å². The Labute approximate surface area is 154 Å².